The van der Waals surface area contributed by atoms with E-state index in [1.54, 1.807) is 0 Å². The molecule has 4 heteroatoms. The first-order chi connectivity index (χ1) is 5.13. The molecular weight excluding hydrogens is 148 g/mol. The molecule has 2 fully saturated rings. The van der Waals surface area contributed by atoms with E-state index in [4.69, 9.17) is 0 Å². The quantitative estimate of drug-likeness (QED) is 0.333. The van der Waals surface area contributed by atoms with E-state index in [0.717, 1.165) is 0 Å². The largest absolute Gasteiger partial charge is 0.393 e. The normalized spacial score (nSPS) is 62.2. The average Bonchev–Trinajstić information content (AvgIpc) is 2.31. The lowest BCUT2D eigenvalue weighted by Crippen LogP contribution is -2.39. The highest BCUT2D eigenvalue weighted by atomic mass is 16.4. The van der Waals surface area contributed by atoms with Crippen LogP contribution in [-0.2, 0) is 0 Å². The molecule has 0 radical (unpaired) electrons. The van der Waals surface area contributed by atoms with Gasteiger partial charge in [-0.05, 0) is 6.42 Å². The molecule has 0 aromatic heterocycles. The fourth-order valence-corrected chi connectivity index (χ4v) is 2.34. The molecule has 4 nitrogen and oxygen atoms in total. The highest BCUT2D eigenvalue weighted by molar-refractivity contribution is 5.07. The maximum Gasteiger partial charge on any atom is 0.0880 e. The molecular formula is C7H12O4. The van der Waals surface area contributed by atoms with E-state index in [1.807, 2.05) is 0 Å². The molecule has 1 unspecified atom stereocenters. The predicted molar refractivity (Wildman–Crippen MR) is 35.6 cm³/mol. The second-order valence-corrected chi connectivity index (χ2v) is 3.52. The highest BCUT2D eigenvalue weighted by Gasteiger charge is 2.57. The molecule has 2 aliphatic carbocycles. The lowest BCUT2D eigenvalue weighted by Gasteiger charge is -2.25. The summed E-state index contributed by atoms with van der Waals surface area (Å²) in [6.45, 7) is 0. The van der Waals surface area contributed by atoms with Crippen LogP contribution < -0.4 is 0 Å². The third-order valence-corrected chi connectivity index (χ3v) is 2.97. The van der Waals surface area contributed by atoms with Gasteiger partial charge in [-0.15, -0.1) is 0 Å². The topological polar surface area (TPSA) is 80.9 Å². The van der Waals surface area contributed by atoms with Gasteiger partial charge < -0.3 is 20.4 Å². The molecule has 2 rings (SSSR count). The molecule has 0 aromatic carbocycles. The molecule has 2 aliphatic rings. The summed E-state index contributed by atoms with van der Waals surface area (Å²) >= 11 is 0. The van der Waals surface area contributed by atoms with E-state index in [9.17, 15) is 20.4 Å². The Kier molecular flexibility index (Phi) is 1.47. The molecule has 0 saturated heterocycles. The van der Waals surface area contributed by atoms with E-state index in [1.165, 1.54) is 0 Å². The van der Waals surface area contributed by atoms with Crippen LogP contribution in [-0.4, -0.2) is 44.8 Å². The molecule has 0 heterocycles. The van der Waals surface area contributed by atoms with Gasteiger partial charge in [0.1, 0.15) is 0 Å². The van der Waals surface area contributed by atoms with Crippen molar-refractivity contribution < 1.29 is 20.4 Å². The Labute approximate surface area is 64.1 Å². The second kappa shape index (κ2) is 2.17. The predicted octanol–water partition coefficient (Wildman–Crippen LogP) is -1.92. The van der Waals surface area contributed by atoms with Gasteiger partial charge in [0.25, 0.3) is 0 Å². The molecule has 0 amide bonds. The van der Waals surface area contributed by atoms with Crippen LogP contribution in [0.5, 0.6) is 0 Å². The van der Waals surface area contributed by atoms with Crippen molar-refractivity contribution in [2.75, 3.05) is 0 Å². The molecule has 0 aliphatic heterocycles. The van der Waals surface area contributed by atoms with Crippen molar-refractivity contribution in [3.05, 3.63) is 0 Å². The minimum atomic E-state index is -0.946. The van der Waals surface area contributed by atoms with Gasteiger partial charge in [-0.2, -0.15) is 0 Å². The zero-order valence-corrected chi connectivity index (χ0v) is 5.96. The SMILES string of the molecule is OC1[C@H]2[C@H](O)[C@@H](O)[C@@H]1C[C@@H]2O. The first-order valence-corrected chi connectivity index (χ1v) is 3.85. The Morgan fingerprint density at radius 3 is 1.82 bits per heavy atom. The molecule has 2 bridgehead atoms. The second-order valence-electron chi connectivity index (χ2n) is 3.52. The number of aliphatic hydroxyl groups excluding tert-OH is 4. The molecule has 4 N–H and O–H groups in total. The number of rotatable bonds is 0. The van der Waals surface area contributed by atoms with Crippen molar-refractivity contribution in [2.24, 2.45) is 11.8 Å². The van der Waals surface area contributed by atoms with E-state index < -0.39 is 30.3 Å². The average molecular weight is 160 g/mol. The first kappa shape index (κ1) is 7.49. The van der Waals surface area contributed by atoms with Crippen molar-refractivity contribution in [3.8, 4) is 0 Å². The third kappa shape index (κ3) is 0.780. The summed E-state index contributed by atoms with van der Waals surface area (Å²) in [5, 5.41) is 37.1. The molecule has 2 saturated carbocycles. The standard InChI is InChI=1S/C7H12O4/c8-3-1-2-5(9)4(3)7(11)6(2)10/h2-11H,1H2/t2-,3+,4+,5?,6+,7+/m1/s1. The molecule has 0 spiro atoms. The zero-order chi connectivity index (χ0) is 8.17. The van der Waals surface area contributed by atoms with Gasteiger partial charge in [0.2, 0.25) is 0 Å². The van der Waals surface area contributed by atoms with Gasteiger partial charge >= 0.3 is 0 Å². The zero-order valence-electron chi connectivity index (χ0n) is 5.96. The molecule has 0 aromatic rings. The summed E-state index contributed by atoms with van der Waals surface area (Å²) in [4.78, 5) is 0. The van der Waals surface area contributed by atoms with Crippen LogP contribution in [0.15, 0.2) is 0 Å². The summed E-state index contributed by atoms with van der Waals surface area (Å²) in [6, 6.07) is 0. The van der Waals surface area contributed by atoms with E-state index in [0.29, 0.717) is 6.42 Å². The maximum absolute atomic E-state index is 9.36. The first-order valence-electron chi connectivity index (χ1n) is 3.85. The summed E-state index contributed by atoms with van der Waals surface area (Å²) in [5.41, 5.74) is 0. The van der Waals surface area contributed by atoms with Gasteiger partial charge in [0.05, 0.1) is 24.4 Å². The van der Waals surface area contributed by atoms with Crippen LogP contribution in [0.2, 0.25) is 0 Å². The number of aliphatic hydroxyl groups is 4. The van der Waals surface area contributed by atoms with E-state index in [2.05, 4.69) is 0 Å². The smallest absolute Gasteiger partial charge is 0.0880 e. The fraction of sp³-hybridized carbons (Fsp3) is 1.00. The summed E-state index contributed by atoms with van der Waals surface area (Å²) < 4.78 is 0. The van der Waals surface area contributed by atoms with Crippen molar-refractivity contribution in [2.45, 2.75) is 30.8 Å². The minimum Gasteiger partial charge on any atom is -0.393 e. The van der Waals surface area contributed by atoms with E-state index in [-0.39, 0.29) is 5.92 Å². The highest BCUT2D eigenvalue weighted by Crippen LogP contribution is 2.44. The van der Waals surface area contributed by atoms with Crippen LogP contribution in [0.3, 0.4) is 0 Å². The third-order valence-electron chi connectivity index (χ3n) is 2.97. The molecule has 64 valence electrons. The van der Waals surface area contributed by atoms with Gasteiger partial charge in [0.15, 0.2) is 0 Å². The van der Waals surface area contributed by atoms with Crippen molar-refractivity contribution >= 4 is 0 Å². The van der Waals surface area contributed by atoms with Crippen molar-refractivity contribution in [1.82, 2.24) is 0 Å². The molecule has 6 atom stereocenters. The van der Waals surface area contributed by atoms with Crippen LogP contribution in [0.25, 0.3) is 0 Å². The Morgan fingerprint density at radius 2 is 1.45 bits per heavy atom. The monoisotopic (exact) mass is 160 g/mol. The van der Waals surface area contributed by atoms with Crippen LogP contribution in [0.4, 0.5) is 0 Å². The van der Waals surface area contributed by atoms with Gasteiger partial charge in [-0.1, -0.05) is 0 Å². The summed E-state index contributed by atoms with van der Waals surface area (Å²) in [7, 11) is 0. The van der Waals surface area contributed by atoms with Gasteiger partial charge in [0, 0.05) is 11.8 Å². The van der Waals surface area contributed by atoms with Crippen LogP contribution in [0, 0.1) is 11.8 Å². The van der Waals surface area contributed by atoms with E-state index >= 15 is 0 Å². The maximum atomic E-state index is 9.36. The molecule has 11 heavy (non-hydrogen) atoms. The number of hydrogen-bond donors (Lipinski definition) is 4. The minimum absolute atomic E-state index is 0.329. The van der Waals surface area contributed by atoms with Crippen LogP contribution >= 0.6 is 0 Å². The Balaban J connectivity index is 2.24. The van der Waals surface area contributed by atoms with Crippen molar-refractivity contribution in [3.63, 3.8) is 0 Å². The fourth-order valence-electron chi connectivity index (χ4n) is 2.34. The lowest BCUT2D eigenvalue weighted by molar-refractivity contribution is -0.0606. The Hall–Kier alpha value is -0.160. The van der Waals surface area contributed by atoms with Gasteiger partial charge in [-0.3, -0.25) is 0 Å². The van der Waals surface area contributed by atoms with Crippen LogP contribution in [0.1, 0.15) is 6.42 Å². The Bertz CT molecular complexity index is 168. The summed E-state index contributed by atoms with van der Waals surface area (Å²) in [5.74, 6) is -0.861. The number of fused-ring (bicyclic) bond motifs is 2. The lowest BCUT2D eigenvalue weighted by atomic mass is 9.93. The summed E-state index contributed by atoms with van der Waals surface area (Å²) in [6.07, 6.45) is -2.76. The van der Waals surface area contributed by atoms with Crippen molar-refractivity contribution in [1.29, 1.82) is 0 Å². The number of hydrogen-bond acceptors (Lipinski definition) is 4. The van der Waals surface area contributed by atoms with Gasteiger partial charge in [-0.25, -0.2) is 0 Å². The Morgan fingerprint density at radius 1 is 0.818 bits per heavy atom.